The second-order valence-corrected chi connectivity index (χ2v) is 10.2. The van der Waals surface area contributed by atoms with Crippen LogP contribution in [0.1, 0.15) is 48.4 Å². The lowest BCUT2D eigenvalue weighted by Crippen LogP contribution is -2.44. The van der Waals surface area contributed by atoms with Crippen LogP contribution in [0.2, 0.25) is 0 Å². The third-order valence-corrected chi connectivity index (χ3v) is 8.28. The smallest absolute Gasteiger partial charge is 0.349 e. The summed E-state index contributed by atoms with van der Waals surface area (Å²) in [5.41, 5.74) is 1.18. The van der Waals surface area contributed by atoms with E-state index in [1.807, 2.05) is 18.2 Å². The highest BCUT2D eigenvalue weighted by atomic mass is 32.2. The zero-order valence-corrected chi connectivity index (χ0v) is 18.3. The van der Waals surface area contributed by atoms with Gasteiger partial charge in [-0.25, -0.2) is 8.42 Å². The third kappa shape index (κ3) is 4.54. The number of hydrogen-bond donors (Lipinski definition) is 1. The van der Waals surface area contributed by atoms with Gasteiger partial charge in [-0.3, -0.25) is 4.79 Å². The Labute approximate surface area is 185 Å². The number of carbonyl (C=O) groups excluding carboxylic acids is 1. The van der Waals surface area contributed by atoms with Crippen LogP contribution in [0.5, 0.6) is 0 Å². The standard InChI is InChI=1S/C23H25F3N2O3S/c24-23(25,26)19-9-3-4-11-21(19)32(30,31)28-14-12-17(13-15-28)22(29)27-20-10-5-7-16-6-1-2-8-18(16)20/h1-4,6,8-9,11,17,20H,5,7,10,12-15H2,(H,27,29)/t20-/m0/s1. The van der Waals surface area contributed by atoms with Crippen molar-refractivity contribution >= 4 is 15.9 Å². The van der Waals surface area contributed by atoms with Crippen LogP contribution in [0.15, 0.2) is 53.4 Å². The molecule has 1 aliphatic carbocycles. The number of benzene rings is 2. The fourth-order valence-corrected chi connectivity index (χ4v) is 6.30. The molecule has 0 radical (unpaired) electrons. The van der Waals surface area contributed by atoms with Gasteiger partial charge in [0.25, 0.3) is 0 Å². The molecule has 9 heteroatoms. The van der Waals surface area contributed by atoms with Crippen molar-refractivity contribution in [2.24, 2.45) is 5.92 Å². The quantitative estimate of drug-likeness (QED) is 0.731. The Morgan fingerprint density at radius 1 is 0.969 bits per heavy atom. The van der Waals surface area contributed by atoms with E-state index >= 15 is 0 Å². The Balaban J connectivity index is 1.42. The van der Waals surface area contributed by atoms with E-state index in [1.54, 1.807) is 0 Å². The highest BCUT2D eigenvalue weighted by Crippen LogP contribution is 2.36. The molecule has 5 nitrogen and oxygen atoms in total. The van der Waals surface area contributed by atoms with Crippen molar-refractivity contribution in [3.63, 3.8) is 0 Å². The molecule has 1 fully saturated rings. The van der Waals surface area contributed by atoms with E-state index in [1.165, 1.54) is 17.7 Å². The second kappa shape index (κ2) is 8.86. The first-order valence-corrected chi connectivity index (χ1v) is 12.2. The number of nitrogens with zero attached hydrogens (tertiary/aromatic N) is 1. The monoisotopic (exact) mass is 466 g/mol. The minimum atomic E-state index is -4.77. The summed E-state index contributed by atoms with van der Waals surface area (Å²) < 4.78 is 66.8. The van der Waals surface area contributed by atoms with Gasteiger partial charge in [0, 0.05) is 19.0 Å². The fourth-order valence-electron chi connectivity index (χ4n) is 4.62. The lowest BCUT2D eigenvalue weighted by molar-refractivity contribution is -0.139. The normalized spacial score (nSPS) is 20.5. The van der Waals surface area contributed by atoms with Crippen LogP contribution >= 0.6 is 0 Å². The van der Waals surface area contributed by atoms with Gasteiger partial charge in [0.1, 0.15) is 0 Å². The van der Waals surface area contributed by atoms with Gasteiger partial charge in [-0.15, -0.1) is 0 Å². The molecule has 0 aromatic heterocycles. The summed E-state index contributed by atoms with van der Waals surface area (Å²) in [6.07, 6.45) is -1.40. The van der Waals surface area contributed by atoms with Crippen molar-refractivity contribution < 1.29 is 26.4 Å². The molecular formula is C23H25F3N2O3S. The molecular weight excluding hydrogens is 441 g/mol. The summed E-state index contributed by atoms with van der Waals surface area (Å²) in [5, 5.41) is 3.10. The Morgan fingerprint density at radius 3 is 2.34 bits per heavy atom. The minimum Gasteiger partial charge on any atom is -0.349 e. The number of aryl methyl sites for hydroxylation is 1. The summed E-state index contributed by atoms with van der Waals surface area (Å²) in [4.78, 5) is 12.1. The van der Waals surface area contributed by atoms with E-state index in [0.29, 0.717) is 0 Å². The summed E-state index contributed by atoms with van der Waals surface area (Å²) >= 11 is 0. The summed E-state index contributed by atoms with van der Waals surface area (Å²) in [7, 11) is -4.31. The molecule has 1 aliphatic heterocycles. The lowest BCUT2D eigenvalue weighted by Gasteiger charge is -2.33. The van der Waals surface area contributed by atoms with E-state index in [0.717, 1.165) is 41.3 Å². The van der Waals surface area contributed by atoms with E-state index in [2.05, 4.69) is 11.4 Å². The zero-order chi connectivity index (χ0) is 22.9. The molecule has 0 spiro atoms. The van der Waals surface area contributed by atoms with Gasteiger partial charge in [-0.05, 0) is 55.4 Å². The average molecular weight is 467 g/mol. The number of hydrogen-bond acceptors (Lipinski definition) is 3. The molecule has 1 N–H and O–H groups in total. The van der Waals surface area contributed by atoms with Crippen molar-refractivity contribution in [1.29, 1.82) is 0 Å². The molecule has 2 aromatic rings. The third-order valence-electron chi connectivity index (χ3n) is 6.32. The number of piperidine rings is 1. The predicted molar refractivity (Wildman–Crippen MR) is 113 cm³/mol. The Morgan fingerprint density at radius 2 is 1.62 bits per heavy atom. The summed E-state index contributed by atoms with van der Waals surface area (Å²) in [6, 6.07) is 12.2. The highest BCUT2D eigenvalue weighted by Gasteiger charge is 2.40. The van der Waals surface area contributed by atoms with Crippen molar-refractivity contribution in [1.82, 2.24) is 9.62 Å². The first kappa shape index (κ1) is 22.8. The maximum absolute atomic E-state index is 13.3. The zero-order valence-electron chi connectivity index (χ0n) is 17.4. The average Bonchev–Trinajstić information content (AvgIpc) is 2.79. The van der Waals surface area contributed by atoms with Gasteiger partial charge in [-0.1, -0.05) is 36.4 Å². The molecule has 2 aromatic carbocycles. The molecule has 4 rings (SSSR count). The van der Waals surface area contributed by atoms with Gasteiger partial charge in [0.2, 0.25) is 15.9 Å². The van der Waals surface area contributed by atoms with Crippen LogP contribution in [0, 0.1) is 5.92 Å². The number of sulfonamides is 1. The molecule has 2 aliphatic rings. The summed E-state index contributed by atoms with van der Waals surface area (Å²) in [5.74, 6) is -0.493. The molecule has 0 unspecified atom stereocenters. The van der Waals surface area contributed by atoms with Crippen molar-refractivity contribution in [3.05, 3.63) is 65.2 Å². The van der Waals surface area contributed by atoms with E-state index in [9.17, 15) is 26.4 Å². The van der Waals surface area contributed by atoms with Crippen LogP contribution < -0.4 is 5.32 Å². The number of halogens is 3. The first-order valence-electron chi connectivity index (χ1n) is 10.7. The summed E-state index contributed by atoms with van der Waals surface area (Å²) in [6.45, 7) is 0.0156. The van der Waals surface area contributed by atoms with Crippen LogP contribution in [0.25, 0.3) is 0 Å². The molecule has 0 saturated carbocycles. The van der Waals surface area contributed by atoms with Crippen LogP contribution in [-0.4, -0.2) is 31.7 Å². The molecule has 172 valence electrons. The molecule has 0 bridgehead atoms. The molecule has 32 heavy (non-hydrogen) atoms. The van der Waals surface area contributed by atoms with Crippen molar-refractivity contribution in [2.75, 3.05) is 13.1 Å². The van der Waals surface area contributed by atoms with E-state index in [4.69, 9.17) is 0 Å². The number of amides is 1. The van der Waals surface area contributed by atoms with Gasteiger partial charge >= 0.3 is 6.18 Å². The second-order valence-electron chi connectivity index (χ2n) is 8.32. The maximum Gasteiger partial charge on any atom is 0.417 e. The number of rotatable bonds is 4. The Hall–Kier alpha value is -2.39. The van der Waals surface area contributed by atoms with Crippen LogP contribution in [0.3, 0.4) is 0 Å². The fraction of sp³-hybridized carbons (Fsp3) is 0.435. The maximum atomic E-state index is 13.3. The van der Waals surface area contributed by atoms with Gasteiger partial charge in [0.05, 0.1) is 16.5 Å². The molecule has 1 atom stereocenters. The topological polar surface area (TPSA) is 66.5 Å². The van der Waals surface area contributed by atoms with Gasteiger partial charge in [-0.2, -0.15) is 17.5 Å². The largest absolute Gasteiger partial charge is 0.417 e. The van der Waals surface area contributed by atoms with E-state index < -0.39 is 26.7 Å². The number of nitrogens with one attached hydrogen (secondary N) is 1. The van der Waals surface area contributed by atoms with Crippen molar-refractivity contribution in [2.45, 2.75) is 49.2 Å². The molecule has 1 heterocycles. The highest BCUT2D eigenvalue weighted by molar-refractivity contribution is 7.89. The van der Waals surface area contributed by atoms with Gasteiger partial charge in [0.15, 0.2) is 0 Å². The molecule has 1 saturated heterocycles. The van der Waals surface area contributed by atoms with Gasteiger partial charge < -0.3 is 5.32 Å². The van der Waals surface area contributed by atoms with E-state index in [-0.39, 0.29) is 43.8 Å². The lowest BCUT2D eigenvalue weighted by atomic mass is 9.87. The number of alkyl halides is 3. The SMILES string of the molecule is O=C(N[C@H]1CCCc2ccccc21)C1CCN(S(=O)(=O)c2ccccc2C(F)(F)F)CC1. The number of carbonyl (C=O) groups is 1. The number of fused-ring (bicyclic) bond motifs is 1. The predicted octanol–water partition coefficient (Wildman–Crippen LogP) is 4.30. The Bertz CT molecular complexity index is 1090. The van der Waals surface area contributed by atoms with Crippen LogP contribution in [0.4, 0.5) is 13.2 Å². The van der Waals surface area contributed by atoms with Crippen LogP contribution in [-0.2, 0) is 27.4 Å². The minimum absolute atomic E-state index is 0.00780. The molecule has 1 amide bonds. The Kier molecular flexibility index (Phi) is 6.31. The van der Waals surface area contributed by atoms with Crippen molar-refractivity contribution in [3.8, 4) is 0 Å². The first-order chi connectivity index (χ1) is 15.2.